The Morgan fingerprint density at radius 3 is 2.37 bits per heavy atom. The van der Waals surface area contributed by atoms with E-state index in [0.29, 0.717) is 12.3 Å². The molecule has 19 heavy (non-hydrogen) atoms. The third kappa shape index (κ3) is 5.79. The van der Waals surface area contributed by atoms with Gasteiger partial charge in [-0.2, -0.15) is 4.31 Å². The Labute approximate surface area is 119 Å². The van der Waals surface area contributed by atoms with Crippen LogP contribution < -0.4 is 5.32 Å². The Hall–Kier alpha value is -0.130. The molecule has 4 nitrogen and oxygen atoms in total. The summed E-state index contributed by atoms with van der Waals surface area (Å²) in [5.41, 5.74) is 0. The molecule has 0 aromatic rings. The maximum Gasteiger partial charge on any atom is 0.214 e. The standard InChI is InChI=1S/C14H30N2O2S/c1-3-11-15-12-7-8-13-19(17,18)16(4-2)14-9-5-6-10-14/h14-15H,3-13H2,1-2H3. The normalized spacial score (nSPS) is 17.4. The van der Waals surface area contributed by atoms with Crippen molar-refractivity contribution in [3.63, 3.8) is 0 Å². The van der Waals surface area contributed by atoms with Crippen molar-refractivity contribution in [3.05, 3.63) is 0 Å². The first-order valence-corrected chi connectivity index (χ1v) is 9.43. The van der Waals surface area contributed by atoms with Crippen LogP contribution in [0.2, 0.25) is 0 Å². The highest BCUT2D eigenvalue weighted by Gasteiger charge is 2.29. The van der Waals surface area contributed by atoms with Crippen LogP contribution in [0.5, 0.6) is 0 Å². The summed E-state index contributed by atoms with van der Waals surface area (Å²) in [5.74, 6) is 0.311. The van der Waals surface area contributed by atoms with Crippen LogP contribution in [0.25, 0.3) is 0 Å². The van der Waals surface area contributed by atoms with Gasteiger partial charge in [-0.05, 0) is 45.2 Å². The third-order valence-corrected chi connectivity index (χ3v) is 5.91. The lowest BCUT2D eigenvalue weighted by atomic mass is 10.2. The molecule has 0 saturated heterocycles. The summed E-state index contributed by atoms with van der Waals surface area (Å²) in [6.45, 7) is 6.67. The molecule has 0 amide bonds. The predicted molar refractivity (Wildman–Crippen MR) is 80.8 cm³/mol. The number of hydrogen-bond acceptors (Lipinski definition) is 3. The van der Waals surface area contributed by atoms with Gasteiger partial charge in [-0.25, -0.2) is 8.42 Å². The zero-order valence-electron chi connectivity index (χ0n) is 12.5. The predicted octanol–water partition coefficient (Wildman–Crippen LogP) is 2.36. The van der Waals surface area contributed by atoms with Crippen LogP contribution in [-0.2, 0) is 10.0 Å². The Kier molecular flexibility index (Phi) is 7.95. The van der Waals surface area contributed by atoms with E-state index in [1.807, 2.05) is 6.92 Å². The fourth-order valence-electron chi connectivity index (χ4n) is 2.83. The summed E-state index contributed by atoms with van der Waals surface area (Å²) in [5, 5.41) is 3.31. The van der Waals surface area contributed by atoms with Gasteiger partial charge >= 0.3 is 0 Å². The zero-order valence-corrected chi connectivity index (χ0v) is 13.3. The molecule has 114 valence electrons. The average Bonchev–Trinajstić information content (AvgIpc) is 2.88. The summed E-state index contributed by atoms with van der Waals surface area (Å²) in [6.07, 6.45) is 7.29. The molecule has 1 aliphatic carbocycles. The lowest BCUT2D eigenvalue weighted by Gasteiger charge is -2.26. The highest BCUT2D eigenvalue weighted by atomic mass is 32.2. The maximum atomic E-state index is 12.3. The van der Waals surface area contributed by atoms with Crippen molar-refractivity contribution in [2.45, 2.75) is 64.8 Å². The number of unbranched alkanes of at least 4 members (excludes halogenated alkanes) is 1. The Balaban J connectivity index is 2.32. The van der Waals surface area contributed by atoms with E-state index in [1.54, 1.807) is 4.31 Å². The molecular weight excluding hydrogens is 260 g/mol. The van der Waals surface area contributed by atoms with Gasteiger partial charge in [0.2, 0.25) is 10.0 Å². The number of rotatable bonds is 10. The molecular formula is C14H30N2O2S. The van der Waals surface area contributed by atoms with Crippen LogP contribution in [0.3, 0.4) is 0 Å². The molecule has 0 radical (unpaired) electrons. The maximum absolute atomic E-state index is 12.3. The molecule has 0 unspecified atom stereocenters. The van der Waals surface area contributed by atoms with Gasteiger partial charge in [0.05, 0.1) is 5.75 Å². The van der Waals surface area contributed by atoms with Crippen molar-refractivity contribution in [2.24, 2.45) is 0 Å². The smallest absolute Gasteiger partial charge is 0.214 e. The molecule has 1 aliphatic rings. The van der Waals surface area contributed by atoms with E-state index in [2.05, 4.69) is 12.2 Å². The quantitative estimate of drug-likeness (QED) is 0.628. The van der Waals surface area contributed by atoms with Gasteiger partial charge in [-0.1, -0.05) is 26.7 Å². The molecule has 5 heteroatoms. The van der Waals surface area contributed by atoms with Gasteiger partial charge in [0, 0.05) is 12.6 Å². The molecule has 0 heterocycles. The number of hydrogen-bond donors (Lipinski definition) is 1. The Morgan fingerprint density at radius 1 is 1.11 bits per heavy atom. The van der Waals surface area contributed by atoms with Crippen molar-refractivity contribution >= 4 is 10.0 Å². The van der Waals surface area contributed by atoms with E-state index in [1.165, 1.54) is 12.8 Å². The number of nitrogens with one attached hydrogen (secondary N) is 1. The summed E-state index contributed by atoms with van der Waals surface area (Å²) in [6, 6.07) is 0.271. The van der Waals surface area contributed by atoms with E-state index < -0.39 is 10.0 Å². The first-order valence-electron chi connectivity index (χ1n) is 7.82. The monoisotopic (exact) mass is 290 g/mol. The minimum Gasteiger partial charge on any atom is -0.317 e. The lowest BCUT2D eigenvalue weighted by Crippen LogP contribution is -2.40. The molecule has 1 saturated carbocycles. The van der Waals surface area contributed by atoms with Gasteiger partial charge in [-0.15, -0.1) is 0 Å². The molecule has 1 fully saturated rings. The van der Waals surface area contributed by atoms with E-state index >= 15 is 0 Å². The van der Waals surface area contributed by atoms with Crippen LogP contribution in [0.1, 0.15) is 58.8 Å². The van der Waals surface area contributed by atoms with Gasteiger partial charge in [0.1, 0.15) is 0 Å². The molecule has 0 atom stereocenters. The summed E-state index contributed by atoms with van der Waals surface area (Å²) < 4.78 is 26.4. The zero-order chi connectivity index (χ0) is 14.1. The van der Waals surface area contributed by atoms with Crippen molar-refractivity contribution in [1.29, 1.82) is 0 Å². The first-order chi connectivity index (χ1) is 9.11. The molecule has 0 aromatic carbocycles. The summed E-state index contributed by atoms with van der Waals surface area (Å²) >= 11 is 0. The second kappa shape index (κ2) is 8.93. The van der Waals surface area contributed by atoms with Gasteiger partial charge in [0.15, 0.2) is 0 Å². The fraction of sp³-hybridized carbons (Fsp3) is 1.00. The molecule has 0 bridgehead atoms. The van der Waals surface area contributed by atoms with Gasteiger partial charge in [0.25, 0.3) is 0 Å². The molecule has 0 aromatic heterocycles. The molecule has 0 spiro atoms. The first kappa shape index (κ1) is 16.9. The van der Waals surface area contributed by atoms with E-state index in [-0.39, 0.29) is 6.04 Å². The van der Waals surface area contributed by atoms with Crippen molar-refractivity contribution < 1.29 is 8.42 Å². The lowest BCUT2D eigenvalue weighted by molar-refractivity contribution is 0.335. The highest BCUT2D eigenvalue weighted by molar-refractivity contribution is 7.89. The van der Waals surface area contributed by atoms with Crippen molar-refractivity contribution in [2.75, 3.05) is 25.4 Å². The topological polar surface area (TPSA) is 49.4 Å². The number of nitrogens with zero attached hydrogens (tertiary/aromatic N) is 1. The SMILES string of the molecule is CCCNCCCCS(=O)(=O)N(CC)C1CCCC1. The van der Waals surface area contributed by atoms with Gasteiger partial charge < -0.3 is 5.32 Å². The number of sulfonamides is 1. The highest BCUT2D eigenvalue weighted by Crippen LogP contribution is 2.25. The van der Waals surface area contributed by atoms with Crippen LogP contribution in [0.4, 0.5) is 0 Å². The average molecular weight is 290 g/mol. The van der Waals surface area contributed by atoms with Crippen LogP contribution in [0.15, 0.2) is 0 Å². The second-order valence-electron chi connectivity index (χ2n) is 5.41. The van der Waals surface area contributed by atoms with Crippen molar-refractivity contribution in [1.82, 2.24) is 9.62 Å². The van der Waals surface area contributed by atoms with Crippen LogP contribution in [-0.4, -0.2) is 44.2 Å². The third-order valence-electron chi connectivity index (χ3n) is 3.83. The van der Waals surface area contributed by atoms with E-state index in [9.17, 15) is 8.42 Å². The summed E-state index contributed by atoms with van der Waals surface area (Å²) in [4.78, 5) is 0. The Bertz CT molecular complexity index is 324. The fourth-order valence-corrected chi connectivity index (χ4v) is 4.69. The summed E-state index contributed by atoms with van der Waals surface area (Å²) in [7, 11) is -3.04. The Morgan fingerprint density at radius 2 is 1.79 bits per heavy atom. The second-order valence-corrected chi connectivity index (χ2v) is 7.46. The van der Waals surface area contributed by atoms with Crippen LogP contribution in [0, 0.1) is 0 Å². The molecule has 0 aliphatic heterocycles. The van der Waals surface area contributed by atoms with Crippen molar-refractivity contribution in [3.8, 4) is 0 Å². The van der Waals surface area contributed by atoms with E-state index in [4.69, 9.17) is 0 Å². The largest absolute Gasteiger partial charge is 0.317 e. The minimum absolute atomic E-state index is 0.271. The molecule has 1 N–H and O–H groups in total. The van der Waals surface area contributed by atoms with E-state index in [0.717, 1.165) is 45.2 Å². The van der Waals surface area contributed by atoms with Crippen LogP contribution >= 0.6 is 0 Å². The molecule has 1 rings (SSSR count). The minimum atomic E-state index is -3.04. The van der Waals surface area contributed by atoms with Gasteiger partial charge in [-0.3, -0.25) is 0 Å².